The van der Waals surface area contributed by atoms with Gasteiger partial charge in [-0.2, -0.15) is 9.78 Å². The zero-order valence-corrected chi connectivity index (χ0v) is 15.1. The van der Waals surface area contributed by atoms with Gasteiger partial charge in [-0.05, 0) is 31.5 Å². The third-order valence-electron chi connectivity index (χ3n) is 3.89. The Morgan fingerprint density at radius 2 is 2.08 bits per heavy atom. The summed E-state index contributed by atoms with van der Waals surface area (Å²) in [6.07, 6.45) is 2.99. The van der Waals surface area contributed by atoms with Crippen molar-refractivity contribution in [2.45, 2.75) is 13.8 Å². The van der Waals surface area contributed by atoms with Crippen molar-refractivity contribution in [2.75, 3.05) is 0 Å². The second kappa shape index (κ2) is 6.06. The summed E-state index contributed by atoms with van der Waals surface area (Å²) in [7, 11) is 0. The Bertz CT molecular complexity index is 1210. The number of hydrogen-bond donors (Lipinski definition) is 0. The van der Waals surface area contributed by atoms with E-state index in [0.29, 0.717) is 15.2 Å². The fourth-order valence-corrected chi connectivity index (χ4v) is 4.11. The molecule has 0 radical (unpaired) electrons. The van der Waals surface area contributed by atoms with Gasteiger partial charge in [0.15, 0.2) is 0 Å². The number of benzene rings is 1. The molecule has 0 saturated heterocycles. The lowest BCUT2D eigenvalue weighted by Gasteiger charge is -2.00. The van der Waals surface area contributed by atoms with Gasteiger partial charge in [0.25, 0.3) is 5.56 Å². The molecule has 4 rings (SSSR count). The topological polar surface area (TPSA) is 60.1 Å². The summed E-state index contributed by atoms with van der Waals surface area (Å²) in [6.45, 7) is 3.95. The lowest BCUT2D eigenvalue weighted by atomic mass is 10.1. The zero-order chi connectivity index (χ0) is 17.6. The smallest absolute Gasteiger partial charge is 0.266 e. The number of thiophene rings is 1. The van der Waals surface area contributed by atoms with Crippen LogP contribution in [0, 0.1) is 13.8 Å². The Kier molecular flexibility index (Phi) is 3.86. The number of hydrogen-bond acceptors (Lipinski definition) is 5. The summed E-state index contributed by atoms with van der Waals surface area (Å²) >= 11 is 7.46. The summed E-state index contributed by atoms with van der Waals surface area (Å²) in [5.41, 5.74) is 3.19. The minimum absolute atomic E-state index is 0.214. The van der Waals surface area contributed by atoms with E-state index in [-0.39, 0.29) is 5.56 Å². The third-order valence-corrected chi connectivity index (χ3v) is 5.29. The maximum absolute atomic E-state index is 12.8. The van der Waals surface area contributed by atoms with Crippen LogP contribution in [0.3, 0.4) is 0 Å². The first-order chi connectivity index (χ1) is 12.0. The fraction of sp³-hybridized carbons (Fsp3) is 0.111. The van der Waals surface area contributed by atoms with E-state index in [4.69, 9.17) is 11.6 Å². The first-order valence-electron chi connectivity index (χ1n) is 7.61. The Labute approximate surface area is 152 Å². The predicted molar refractivity (Wildman–Crippen MR) is 103 cm³/mol. The molecule has 0 fully saturated rings. The van der Waals surface area contributed by atoms with Crippen molar-refractivity contribution < 1.29 is 0 Å². The molecule has 25 heavy (non-hydrogen) atoms. The molecule has 0 aliphatic rings. The van der Waals surface area contributed by atoms with Crippen LogP contribution in [0.4, 0.5) is 0 Å². The van der Waals surface area contributed by atoms with Gasteiger partial charge in [0, 0.05) is 21.7 Å². The highest BCUT2D eigenvalue weighted by atomic mass is 35.5. The van der Waals surface area contributed by atoms with E-state index in [1.807, 2.05) is 38.1 Å². The first-order valence-corrected chi connectivity index (χ1v) is 8.81. The average Bonchev–Trinajstić information content (AvgIpc) is 2.95. The fourth-order valence-electron chi connectivity index (χ4n) is 2.75. The molecule has 3 aromatic heterocycles. The summed E-state index contributed by atoms with van der Waals surface area (Å²) in [6, 6.07) is 9.31. The van der Waals surface area contributed by atoms with Gasteiger partial charge in [-0.15, -0.1) is 11.3 Å². The third kappa shape index (κ3) is 2.73. The van der Waals surface area contributed by atoms with Gasteiger partial charge >= 0.3 is 0 Å². The van der Waals surface area contributed by atoms with Crippen molar-refractivity contribution in [1.82, 2.24) is 14.6 Å². The van der Waals surface area contributed by atoms with E-state index in [0.717, 1.165) is 27.0 Å². The Balaban J connectivity index is 1.89. The molecule has 0 aliphatic carbocycles. The number of nitrogens with zero attached hydrogens (tertiary/aromatic N) is 4. The maximum atomic E-state index is 12.8. The second-order valence-corrected chi connectivity index (χ2v) is 7.11. The molecule has 3 heterocycles. The van der Waals surface area contributed by atoms with Gasteiger partial charge in [0.1, 0.15) is 15.9 Å². The monoisotopic (exact) mass is 368 g/mol. The average molecular weight is 369 g/mol. The van der Waals surface area contributed by atoms with Crippen LogP contribution >= 0.6 is 22.9 Å². The van der Waals surface area contributed by atoms with Crippen molar-refractivity contribution >= 4 is 49.6 Å². The van der Waals surface area contributed by atoms with E-state index in [9.17, 15) is 4.79 Å². The lowest BCUT2D eigenvalue weighted by molar-refractivity contribution is 0.819. The zero-order valence-electron chi connectivity index (χ0n) is 13.5. The quantitative estimate of drug-likeness (QED) is 0.499. The molecule has 0 N–H and O–H groups in total. The number of pyridine rings is 1. The molecule has 5 nitrogen and oxygen atoms in total. The highest BCUT2D eigenvalue weighted by molar-refractivity contribution is 7.25. The van der Waals surface area contributed by atoms with Crippen LogP contribution < -0.4 is 5.56 Å². The van der Waals surface area contributed by atoms with E-state index < -0.39 is 0 Å². The number of rotatable bonds is 2. The van der Waals surface area contributed by atoms with E-state index in [1.54, 1.807) is 12.3 Å². The van der Waals surface area contributed by atoms with Crippen LogP contribution in [0.15, 0.2) is 46.6 Å². The van der Waals surface area contributed by atoms with Gasteiger partial charge in [-0.3, -0.25) is 4.79 Å². The minimum atomic E-state index is -0.214. The molecule has 124 valence electrons. The maximum Gasteiger partial charge on any atom is 0.291 e. The highest BCUT2D eigenvalue weighted by Crippen LogP contribution is 2.31. The number of fused-ring (bicyclic) bond motifs is 3. The van der Waals surface area contributed by atoms with Crippen molar-refractivity contribution in [3.63, 3.8) is 0 Å². The van der Waals surface area contributed by atoms with E-state index in [1.165, 1.54) is 22.3 Å². The Morgan fingerprint density at radius 3 is 2.88 bits per heavy atom. The van der Waals surface area contributed by atoms with Crippen molar-refractivity contribution in [2.24, 2.45) is 5.10 Å². The molecule has 0 unspecified atom stereocenters. The summed E-state index contributed by atoms with van der Waals surface area (Å²) in [4.78, 5) is 22.5. The number of halogens is 1. The predicted octanol–water partition coefficient (Wildman–Crippen LogP) is 4.16. The van der Waals surface area contributed by atoms with Gasteiger partial charge in [0.05, 0.1) is 11.7 Å². The van der Waals surface area contributed by atoms with Gasteiger partial charge in [-0.1, -0.05) is 29.8 Å². The molecule has 7 heteroatoms. The van der Waals surface area contributed by atoms with Gasteiger partial charge < -0.3 is 0 Å². The summed E-state index contributed by atoms with van der Waals surface area (Å²) < 4.78 is 1.78. The van der Waals surface area contributed by atoms with Crippen LogP contribution in [0.2, 0.25) is 5.02 Å². The van der Waals surface area contributed by atoms with Crippen LogP contribution in [0.1, 0.15) is 16.8 Å². The molecule has 0 saturated carbocycles. The van der Waals surface area contributed by atoms with Crippen LogP contribution in [-0.2, 0) is 0 Å². The molecule has 4 aromatic rings. The first kappa shape index (κ1) is 15.9. The molecule has 1 aromatic carbocycles. The largest absolute Gasteiger partial charge is 0.291 e. The molecular formula is C18H13ClN4OS. The highest BCUT2D eigenvalue weighted by Gasteiger charge is 2.14. The summed E-state index contributed by atoms with van der Waals surface area (Å²) in [5, 5.41) is 5.73. The van der Waals surface area contributed by atoms with Crippen molar-refractivity contribution in [3.8, 4) is 0 Å². The Morgan fingerprint density at radius 1 is 1.28 bits per heavy atom. The van der Waals surface area contributed by atoms with Crippen molar-refractivity contribution in [1.29, 1.82) is 0 Å². The van der Waals surface area contributed by atoms with Gasteiger partial charge in [0.2, 0.25) is 0 Å². The SMILES string of the molecule is Cc1cc(C)c2c(n1)sc1c(=O)n(N=Cc3ccccc3Cl)cnc12. The second-order valence-electron chi connectivity index (χ2n) is 5.70. The number of aryl methyl sites for hydroxylation is 2. The molecule has 0 bridgehead atoms. The number of aromatic nitrogens is 3. The van der Waals surface area contributed by atoms with Crippen molar-refractivity contribution in [3.05, 3.63) is 68.9 Å². The van der Waals surface area contributed by atoms with Crippen LogP contribution in [0.5, 0.6) is 0 Å². The normalized spacial score (nSPS) is 11.8. The van der Waals surface area contributed by atoms with Gasteiger partial charge in [-0.25, -0.2) is 9.97 Å². The molecule has 0 amide bonds. The standard InChI is InChI=1S/C18H13ClN4OS/c1-10-7-11(2)22-17-14(10)15-16(25-17)18(24)23(9-20-15)21-8-12-5-3-4-6-13(12)19/h3-9H,1-2H3. The van der Waals surface area contributed by atoms with E-state index in [2.05, 4.69) is 15.1 Å². The van der Waals surface area contributed by atoms with Crippen LogP contribution in [0.25, 0.3) is 20.4 Å². The Hall–Kier alpha value is -2.57. The lowest BCUT2D eigenvalue weighted by Crippen LogP contribution is -2.15. The summed E-state index contributed by atoms with van der Waals surface area (Å²) in [5.74, 6) is 0. The molecule has 0 spiro atoms. The molecule has 0 atom stereocenters. The van der Waals surface area contributed by atoms with E-state index >= 15 is 0 Å². The molecule has 0 aliphatic heterocycles. The molecular weight excluding hydrogens is 356 g/mol. The van der Waals surface area contributed by atoms with Crippen LogP contribution in [-0.4, -0.2) is 20.9 Å². The minimum Gasteiger partial charge on any atom is -0.266 e.